The van der Waals surface area contributed by atoms with Gasteiger partial charge in [0.15, 0.2) is 0 Å². The van der Waals surface area contributed by atoms with Crippen LogP contribution in [0.15, 0.2) is 0 Å². The Labute approximate surface area is 75.3 Å². The molecule has 0 saturated heterocycles. The SMILES string of the molecule is CC(O)C(=O)O[C@H](C)[C@H](N)C(=O)O. The number of aliphatic hydroxyl groups excluding tert-OH is 1. The Morgan fingerprint density at radius 2 is 1.85 bits per heavy atom. The lowest BCUT2D eigenvalue weighted by atomic mass is 10.2. The number of carboxylic acid groups (broad SMARTS) is 1. The largest absolute Gasteiger partial charge is 0.480 e. The Morgan fingerprint density at radius 3 is 2.15 bits per heavy atom. The number of carbonyl (C=O) groups is 2. The molecule has 0 heterocycles. The first-order valence-electron chi connectivity index (χ1n) is 3.73. The summed E-state index contributed by atoms with van der Waals surface area (Å²) in [6.07, 6.45) is -2.23. The number of rotatable bonds is 4. The summed E-state index contributed by atoms with van der Waals surface area (Å²) in [6.45, 7) is 2.57. The van der Waals surface area contributed by atoms with Gasteiger partial charge in [-0.3, -0.25) is 4.79 Å². The van der Waals surface area contributed by atoms with Crippen LogP contribution in [0.25, 0.3) is 0 Å². The van der Waals surface area contributed by atoms with Crippen LogP contribution in [-0.4, -0.2) is 40.4 Å². The van der Waals surface area contributed by atoms with Gasteiger partial charge in [0.05, 0.1) is 0 Å². The zero-order chi connectivity index (χ0) is 10.6. The van der Waals surface area contributed by atoms with Gasteiger partial charge >= 0.3 is 11.9 Å². The highest BCUT2D eigenvalue weighted by Crippen LogP contribution is 1.99. The summed E-state index contributed by atoms with van der Waals surface area (Å²) in [4.78, 5) is 21.1. The van der Waals surface area contributed by atoms with Crippen molar-refractivity contribution < 1.29 is 24.5 Å². The van der Waals surface area contributed by atoms with Crippen molar-refractivity contribution in [3.8, 4) is 0 Å². The van der Waals surface area contributed by atoms with Crippen molar-refractivity contribution >= 4 is 11.9 Å². The standard InChI is InChI=1S/C7H13NO5/c1-3(9)7(12)13-4(2)5(8)6(10)11/h3-5,9H,8H2,1-2H3,(H,10,11)/t3?,4-,5+/m1/s1. The molecule has 6 nitrogen and oxygen atoms in total. The third kappa shape index (κ3) is 3.86. The van der Waals surface area contributed by atoms with Crippen molar-refractivity contribution in [1.82, 2.24) is 0 Å². The topological polar surface area (TPSA) is 110 Å². The summed E-state index contributed by atoms with van der Waals surface area (Å²) < 4.78 is 4.54. The number of hydrogen-bond donors (Lipinski definition) is 3. The lowest BCUT2D eigenvalue weighted by molar-refractivity contribution is -0.160. The Morgan fingerprint density at radius 1 is 1.38 bits per heavy atom. The van der Waals surface area contributed by atoms with E-state index in [0.29, 0.717) is 0 Å². The molecule has 0 aliphatic rings. The van der Waals surface area contributed by atoms with Crippen LogP contribution in [0.5, 0.6) is 0 Å². The van der Waals surface area contributed by atoms with Crippen molar-refractivity contribution in [3.63, 3.8) is 0 Å². The molecule has 0 bridgehead atoms. The predicted octanol–water partition coefficient (Wildman–Crippen LogP) is -1.29. The molecule has 13 heavy (non-hydrogen) atoms. The summed E-state index contributed by atoms with van der Waals surface area (Å²) in [7, 11) is 0. The molecule has 0 amide bonds. The van der Waals surface area contributed by atoms with E-state index in [1.165, 1.54) is 13.8 Å². The maximum absolute atomic E-state index is 10.8. The second-order valence-electron chi connectivity index (χ2n) is 2.68. The lowest BCUT2D eigenvalue weighted by Crippen LogP contribution is -2.43. The van der Waals surface area contributed by atoms with Crippen LogP contribution in [0.3, 0.4) is 0 Å². The van der Waals surface area contributed by atoms with Crippen LogP contribution in [0, 0.1) is 0 Å². The second-order valence-corrected chi connectivity index (χ2v) is 2.68. The molecule has 0 aromatic carbocycles. The summed E-state index contributed by atoms with van der Waals surface area (Å²) in [6, 6.07) is -1.28. The molecule has 0 spiro atoms. The van der Waals surface area contributed by atoms with Crippen molar-refractivity contribution in [2.24, 2.45) is 5.73 Å². The number of esters is 1. The number of hydrogen-bond acceptors (Lipinski definition) is 5. The zero-order valence-electron chi connectivity index (χ0n) is 7.43. The lowest BCUT2D eigenvalue weighted by Gasteiger charge is -2.17. The summed E-state index contributed by atoms with van der Waals surface area (Å²) >= 11 is 0. The molecule has 0 aliphatic carbocycles. The van der Waals surface area contributed by atoms with E-state index in [0.717, 1.165) is 0 Å². The molecule has 0 fully saturated rings. The van der Waals surface area contributed by atoms with E-state index < -0.39 is 30.2 Å². The molecule has 0 aromatic rings. The number of carboxylic acids is 1. The van der Waals surface area contributed by atoms with Crippen LogP contribution < -0.4 is 5.73 Å². The molecule has 0 saturated carbocycles. The van der Waals surface area contributed by atoms with Gasteiger partial charge in [0.25, 0.3) is 0 Å². The Hall–Kier alpha value is -1.14. The smallest absolute Gasteiger partial charge is 0.334 e. The van der Waals surface area contributed by atoms with Crippen molar-refractivity contribution in [1.29, 1.82) is 0 Å². The van der Waals surface area contributed by atoms with Gasteiger partial charge in [0.2, 0.25) is 0 Å². The quantitative estimate of drug-likeness (QED) is 0.477. The average Bonchev–Trinajstić information content (AvgIpc) is 2.02. The van der Waals surface area contributed by atoms with Gasteiger partial charge in [-0.25, -0.2) is 4.79 Å². The van der Waals surface area contributed by atoms with E-state index in [1.54, 1.807) is 0 Å². The molecular formula is C7H13NO5. The second kappa shape index (κ2) is 4.78. The van der Waals surface area contributed by atoms with Gasteiger partial charge in [-0.15, -0.1) is 0 Å². The fraction of sp³-hybridized carbons (Fsp3) is 0.714. The molecule has 3 atom stereocenters. The monoisotopic (exact) mass is 191 g/mol. The Balaban J connectivity index is 4.07. The summed E-state index contributed by atoms with van der Waals surface area (Å²) in [5.74, 6) is -2.14. The highest BCUT2D eigenvalue weighted by molar-refractivity contribution is 5.77. The molecule has 76 valence electrons. The Bertz CT molecular complexity index is 203. The molecule has 0 aromatic heterocycles. The average molecular weight is 191 g/mol. The minimum absolute atomic E-state index is 0.885. The Kier molecular flexibility index (Phi) is 4.36. The third-order valence-corrected chi connectivity index (χ3v) is 1.43. The maximum atomic E-state index is 10.8. The number of nitrogens with two attached hydrogens (primary N) is 1. The highest BCUT2D eigenvalue weighted by atomic mass is 16.6. The van der Waals surface area contributed by atoms with Gasteiger partial charge < -0.3 is 20.7 Å². The number of aliphatic hydroxyl groups is 1. The van der Waals surface area contributed by atoms with E-state index in [4.69, 9.17) is 15.9 Å². The fourth-order valence-electron chi connectivity index (χ4n) is 0.556. The van der Waals surface area contributed by atoms with Crippen LogP contribution in [0.1, 0.15) is 13.8 Å². The molecule has 0 aliphatic heterocycles. The van der Waals surface area contributed by atoms with Crippen molar-refractivity contribution in [2.45, 2.75) is 32.1 Å². The molecule has 0 rings (SSSR count). The van der Waals surface area contributed by atoms with Gasteiger partial charge in [0, 0.05) is 0 Å². The normalized spacial score (nSPS) is 17.2. The van der Waals surface area contributed by atoms with Crippen LogP contribution >= 0.6 is 0 Å². The molecule has 0 radical (unpaired) electrons. The van der Waals surface area contributed by atoms with E-state index in [1.807, 2.05) is 0 Å². The van der Waals surface area contributed by atoms with Crippen LogP contribution in [0.2, 0.25) is 0 Å². The van der Waals surface area contributed by atoms with Crippen LogP contribution in [-0.2, 0) is 14.3 Å². The van der Waals surface area contributed by atoms with E-state index in [2.05, 4.69) is 4.74 Å². The number of aliphatic carboxylic acids is 1. The minimum atomic E-state index is -1.28. The van der Waals surface area contributed by atoms with Gasteiger partial charge in [-0.2, -0.15) is 0 Å². The van der Waals surface area contributed by atoms with Crippen molar-refractivity contribution in [3.05, 3.63) is 0 Å². The first kappa shape index (κ1) is 11.9. The van der Waals surface area contributed by atoms with Crippen molar-refractivity contribution in [2.75, 3.05) is 0 Å². The minimum Gasteiger partial charge on any atom is -0.480 e. The number of ether oxygens (including phenoxy) is 1. The number of carbonyl (C=O) groups excluding carboxylic acids is 1. The zero-order valence-corrected chi connectivity index (χ0v) is 7.43. The van der Waals surface area contributed by atoms with E-state index >= 15 is 0 Å². The van der Waals surface area contributed by atoms with Gasteiger partial charge in [-0.05, 0) is 13.8 Å². The molecule has 1 unspecified atom stereocenters. The van der Waals surface area contributed by atoms with E-state index in [-0.39, 0.29) is 0 Å². The first-order valence-corrected chi connectivity index (χ1v) is 3.73. The third-order valence-electron chi connectivity index (χ3n) is 1.43. The maximum Gasteiger partial charge on any atom is 0.334 e. The van der Waals surface area contributed by atoms with Gasteiger partial charge in [0.1, 0.15) is 18.2 Å². The first-order chi connectivity index (χ1) is 5.86. The molecule has 4 N–H and O–H groups in total. The van der Waals surface area contributed by atoms with Gasteiger partial charge in [-0.1, -0.05) is 0 Å². The molecular weight excluding hydrogens is 178 g/mol. The van der Waals surface area contributed by atoms with E-state index in [9.17, 15) is 9.59 Å². The summed E-state index contributed by atoms with van der Waals surface area (Å²) in [5.41, 5.74) is 5.15. The van der Waals surface area contributed by atoms with Crippen LogP contribution in [0.4, 0.5) is 0 Å². The summed E-state index contributed by atoms with van der Waals surface area (Å²) in [5, 5.41) is 17.2. The highest BCUT2D eigenvalue weighted by Gasteiger charge is 2.24. The fourth-order valence-corrected chi connectivity index (χ4v) is 0.556. The molecule has 6 heteroatoms. The predicted molar refractivity (Wildman–Crippen MR) is 42.8 cm³/mol.